The fraction of sp³-hybridized carbons (Fsp3) is 0.310. The SMILES string of the molecule is CNC1CN(C(=O)c2ccc(NC(=O)Nc3ccc(-c4nc(N5CCOC[C@H]5C)c5cccn5n4)cc3)cc2)C1. The van der Waals surface area contributed by atoms with Crippen molar-refractivity contribution in [3.63, 3.8) is 0 Å². The average molecular weight is 541 g/mol. The smallest absolute Gasteiger partial charge is 0.323 e. The molecule has 0 spiro atoms. The third-order valence-corrected chi connectivity index (χ3v) is 7.38. The summed E-state index contributed by atoms with van der Waals surface area (Å²) in [6.07, 6.45) is 1.92. The Kier molecular flexibility index (Phi) is 7.06. The molecule has 2 aliphatic heterocycles. The Morgan fingerprint density at radius 2 is 1.68 bits per heavy atom. The molecule has 11 heteroatoms. The van der Waals surface area contributed by atoms with Gasteiger partial charge in [-0.2, -0.15) is 0 Å². The lowest BCUT2D eigenvalue weighted by molar-refractivity contribution is 0.0577. The highest BCUT2D eigenvalue weighted by Crippen LogP contribution is 2.27. The molecule has 4 aromatic rings. The zero-order valence-corrected chi connectivity index (χ0v) is 22.5. The molecule has 2 aliphatic rings. The number of aromatic nitrogens is 3. The van der Waals surface area contributed by atoms with Crippen LogP contribution >= 0.6 is 0 Å². The van der Waals surface area contributed by atoms with Crippen LogP contribution in [0.15, 0.2) is 66.9 Å². The number of benzene rings is 2. The summed E-state index contributed by atoms with van der Waals surface area (Å²) < 4.78 is 7.46. The van der Waals surface area contributed by atoms with Gasteiger partial charge in [0.25, 0.3) is 5.91 Å². The van der Waals surface area contributed by atoms with Gasteiger partial charge in [-0.25, -0.2) is 14.3 Å². The summed E-state index contributed by atoms with van der Waals surface area (Å²) in [5.41, 5.74) is 3.62. The largest absolute Gasteiger partial charge is 0.377 e. The predicted molar refractivity (Wildman–Crippen MR) is 154 cm³/mol. The Bertz CT molecular complexity index is 1510. The van der Waals surface area contributed by atoms with E-state index < -0.39 is 0 Å². The lowest BCUT2D eigenvalue weighted by Gasteiger charge is -2.39. The van der Waals surface area contributed by atoms with Gasteiger partial charge in [0.05, 0.1) is 19.3 Å². The molecule has 0 radical (unpaired) electrons. The number of carbonyl (C=O) groups excluding carboxylic acids is 2. The summed E-state index contributed by atoms with van der Waals surface area (Å²) in [5.74, 6) is 1.48. The van der Waals surface area contributed by atoms with Crippen LogP contribution in [-0.4, -0.2) is 83.4 Å². The van der Waals surface area contributed by atoms with Crippen molar-refractivity contribution in [3.05, 3.63) is 72.4 Å². The molecule has 206 valence electrons. The molecule has 4 heterocycles. The van der Waals surface area contributed by atoms with Gasteiger partial charge in [0, 0.05) is 54.4 Å². The molecule has 1 atom stereocenters. The number of fused-ring (bicyclic) bond motifs is 1. The minimum absolute atomic E-state index is 0.00549. The molecule has 40 heavy (non-hydrogen) atoms. The quantitative estimate of drug-likeness (QED) is 0.344. The van der Waals surface area contributed by atoms with Gasteiger partial charge in [0.15, 0.2) is 11.6 Å². The first kappa shape index (κ1) is 25.8. The average Bonchev–Trinajstić information content (AvgIpc) is 3.42. The molecule has 2 fully saturated rings. The third-order valence-electron chi connectivity index (χ3n) is 7.38. The summed E-state index contributed by atoms with van der Waals surface area (Å²) in [5, 5.41) is 13.5. The van der Waals surface area contributed by atoms with Crippen LogP contribution in [0.25, 0.3) is 16.9 Å². The number of nitrogens with zero attached hydrogens (tertiary/aromatic N) is 5. The Hall–Kier alpha value is -4.48. The maximum atomic E-state index is 12.6. The Morgan fingerprint density at radius 1 is 0.975 bits per heavy atom. The van der Waals surface area contributed by atoms with Crippen molar-refractivity contribution in [2.24, 2.45) is 0 Å². The number of morpholine rings is 1. The van der Waals surface area contributed by atoms with Crippen molar-refractivity contribution >= 4 is 34.6 Å². The van der Waals surface area contributed by atoms with Crippen LogP contribution in [0.4, 0.5) is 22.0 Å². The normalized spacial score (nSPS) is 17.5. The molecule has 11 nitrogen and oxygen atoms in total. The van der Waals surface area contributed by atoms with E-state index in [1.54, 1.807) is 29.2 Å². The minimum atomic E-state index is -0.375. The van der Waals surface area contributed by atoms with Crippen molar-refractivity contribution in [3.8, 4) is 11.4 Å². The van der Waals surface area contributed by atoms with Crippen LogP contribution in [0.2, 0.25) is 0 Å². The fourth-order valence-electron chi connectivity index (χ4n) is 5.00. The van der Waals surface area contributed by atoms with E-state index in [9.17, 15) is 9.59 Å². The first-order valence-corrected chi connectivity index (χ1v) is 13.4. The first-order valence-electron chi connectivity index (χ1n) is 13.4. The van der Waals surface area contributed by atoms with Gasteiger partial charge in [-0.3, -0.25) is 4.79 Å². The van der Waals surface area contributed by atoms with E-state index in [4.69, 9.17) is 14.8 Å². The molecule has 0 saturated carbocycles. The van der Waals surface area contributed by atoms with E-state index >= 15 is 0 Å². The minimum Gasteiger partial charge on any atom is -0.377 e. The molecule has 0 bridgehead atoms. The Balaban J connectivity index is 1.10. The number of amides is 3. The van der Waals surface area contributed by atoms with E-state index in [1.807, 2.05) is 54.2 Å². The zero-order valence-electron chi connectivity index (χ0n) is 22.5. The number of ether oxygens (including phenoxy) is 1. The van der Waals surface area contributed by atoms with E-state index in [0.717, 1.165) is 23.4 Å². The van der Waals surface area contributed by atoms with Crippen molar-refractivity contribution in [1.29, 1.82) is 0 Å². The first-order chi connectivity index (χ1) is 19.5. The summed E-state index contributed by atoms with van der Waals surface area (Å²) in [6, 6.07) is 18.5. The monoisotopic (exact) mass is 540 g/mol. The second kappa shape index (κ2) is 10.9. The summed E-state index contributed by atoms with van der Waals surface area (Å²) >= 11 is 0. The van der Waals surface area contributed by atoms with Gasteiger partial charge < -0.3 is 30.5 Å². The number of likely N-dealkylation sites (N-methyl/N-ethyl adjacent to an activating group) is 1. The van der Waals surface area contributed by atoms with Crippen LogP contribution in [0.3, 0.4) is 0 Å². The number of rotatable bonds is 6. The van der Waals surface area contributed by atoms with Gasteiger partial charge >= 0.3 is 6.03 Å². The highest BCUT2D eigenvalue weighted by atomic mass is 16.5. The number of hydrogen-bond acceptors (Lipinski definition) is 7. The highest BCUT2D eigenvalue weighted by Gasteiger charge is 2.30. The van der Waals surface area contributed by atoms with Crippen molar-refractivity contribution in [1.82, 2.24) is 24.8 Å². The van der Waals surface area contributed by atoms with Gasteiger partial charge in [0.2, 0.25) is 0 Å². The second-order valence-corrected chi connectivity index (χ2v) is 10.1. The van der Waals surface area contributed by atoms with Gasteiger partial charge in [-0.15, -0.1) is 5.10 Å². The summed E-state index contributed by atoms with van der Waals surface area (Å²) in [7, 11) is 1.90. The topological polar surface area (TPSA) is 116 Å². The number of likely N-dealkylation sites (tertiary alicyclic amines) is 1. The van der Waals surface area contributed by atoms with Gasteiger partial charge in [-0.1, -0.05) is 0 Å². The molecule has 6 rings (SSSR count). The molecule has 0 aliphatic carbocycles. The van der Waals surface area contributed by atoms with E-state index in [1.165, 1.54) is 0 Å². The van der Waals surface area contributed by atoms with Crippen LogP contribution < -0.4 is 20.9 Å². The molecule has 3 amide bonds. The molecule has 2 aromatic carbocycles. The van der Waals surface area contributed by atoms with Crippen LogP contribution in [0, 0.1) is 0 Å². The number of nitrogens with one attached hydrogen (secondary N) is 3. The van der Waals surface area contributed by atoms with E-state index in [0.29, 0.717) is 55.1 Å². The fourth-order valence-corrected chi connectivity index (χ4v) is 5.00. The number of urea groups is 1. The highest BCUT2D eigenvalue weighted by molar-refractivity contribution is 6.00. The van der Waals surface area contributed by atoms with Crippen LogP contribution in [0.5, 0.6) is 0 Å². The third kappa shape index (κ3) is 5.21. The summed E-state index contributed by atoms with van der Waals surface area (Å²) in [6.45, 7) is 5.64. The van der Waals surface area contributed by atoms with Gasteiger partial charge in [-0.05, 0) is 74.6 Å². The maximum Gasteiger partial charge on any atom is 0.323 e. The van der Waals surface area contributed by atoms with Crippen molar-refractivity contribution < 1.29 is 14.3 Å². The maximum absolute atomic E-state index is 12.6. The molecule has 3 N–H and O–H groups in total. The molecule has 0 unspecified atom stereocenters. The lowest BCUT2D eigenvalue weighted by atomic mass is 10.1. The van der Waals surface area contributed by atoms with Crippen LogP contribution in [-0.2, 0) is 4.74 Å². The summed E-state index contributed by atoms with van der Waals surface area (Å²) in [4.78, 5) is 34.1. The van der Waals surface area contributed by atoms with E-state index in [-0.39, 0.29) is 18.0 Å². The Morgan fingerprint density at radius 3 is 2.35 bits per heavy atom. The Labute approximate surface area is 232 Å². The molecular formula is C29H32N8O3. The van der Waals surface area contributed by atoms with E-state index in [2.05, 4.69) is 27.8 Å². The number of anilines is 3. The van der Waals surface area contributed by atoms with Crippen molar-refractivity contribution in [2.75, 3.05) is 55.4 Å². The molecule has 2 aromatic heterocycles. The lowest BCUT2D eigenvalue weighted by Crippen LogP contribution is -2.58. The van der Waals surface area contributed by atoms with Crippen molar-refractivity contribution in [2.45, 2.75) is 19.0 Å². The number of carbonyl (C=O) groups is 2. The standard InChI is InChI=1S/C29H32N8O3/c1-19-18-40-15-14-36(19)27-25-4-3-13-37(25)34-26(33-27)20-5-9-22(10-6-20)31-29(39)32-23-11-7-21(8-12-23)28(38)35-16-24(17-35)30-2/h3-13,19,24,30H,14-18H2,1-2H3,(H2,31,32,39)/t19-/m1/s1. The van der Waals surface area contributed by atoms with Crippen LogP contribution in [0.1, 0.15) is 17.3 Å². The number of hydrogen-bond donors (Lipinski definition) is 3. The second-order valence-electron chi connectivity index (χ2n) is 10.1. The zero-order chi connectivity index (χ0) is 27.6. The molecule has 2 saturated heterocycles. The molecular weight excluding hydrogens is 508 g/mol. The van der Waals surface area contributed by atoms with Gasteiger partial charge in [0.1, 0.15) is 5.52 Å². The predicted octanol–water partition coefficient (Wildman–Crippen LogP) is 3.31.